The molecule has 0 aromatic heterocycles. The molecule has 3 saturated heterocycles. The van der Waals surface area contributed by atoms with Crippen molar-refractivity contribution in [2.75, 3.05) is 39.3 Å². The molecule has 0 spiro atoms. The van der Waals surface area contributed by atoms with Crippen molar-refractivity contribution in [3.05, 3.63) is 0 Å². The SMILES string of the molecule is CC1CCCN(C(=O)CC2(C(=O)N3CCCC(C)C3)CCNC2)C1. The number of rotatable bonds is 3. The van der Waals surface area contributed by atoms with Gasteiger partial charge in [0.2, 0.25) is 11.8 Å². The van der Waals surface area contributed by atoms with Crippen LogP contribution >= 0.6 is 0 Å². The van der Waals surface area contributed by atoms with E-state index in [9.17, 15) is 9.59 Å². The fourth-order valence-corrected chi connectivity index (χ4v) is 4.68. The summed E-state index contributed by atoms with van der Waals surface area (Å²) in [5.74, 6) is 1.56. The minimum absolute atomic E-state index is 0.184. The maximum atomic E-state index is 13.3. The summed E-state index contributed by atoms with van der Waals surface area (Å²) in [6.07, 6.45) is 5.78. The van der Waals surface area contributed by atoms with Gasteiger partial charge in [-0.3, -0.25) is 9.59 Å². The lowest BCUT2D eigenvalue weighted by atomic mass is 9.80. The molecule has 3 unspecified atom stereocenters. The zero-order valence-corrected chi connectivity index (χ0v) is 15.4. The maximum Gasteiger partial charge on any atom is 0.230 e. The van der Waals surface area contributed by atoms with Crippen LogP contribution in [0.4, 0.5) is 0 Å². The standard InChI is InChI=1S/C19H33N3O2/c1-15-5-3-9-21(12-15)17(23)11-19(7-8-20-14-19)18(24)22-10-4-6-16(2)13-22/h15-16,20H,3-14H2,1-2H3. The lowest BCUT2D eigenvalue weighted by Crippen LogP contribution is -2.51. The predicted octanol–water partition coefficient (Wildman–Crippen LogP) is 1.87. The number of amides is 2. The summed E-state index contributed by atoms with van der Waals surface area (Å²) in [6, 6.07) is 0. The molecular weight excluding hydrogens is 302 g/mol. The third kappa shape index (κ3) is 3.76. The van der Waals surface area contributed by atoms with E-state index in [-0.39, 0.29) is 11.8 Å². The van der Waals surface area contributed by atoms with Crippen LogP contribution in [0, 0.1) is 17.3 Å². The fourth-order valence-electron chi connectivity index (χ4n) is 4.68. The van der Waals surface area contributed by atoms with Gasteiger partial charge in [0.1, 0.15) is 0 Å². The van der Waals surface area contributed by atoms with Gasteiger partial charge in [0.15, 0.2) is 0 Å². The van der Waals surface area contributed by atoms with Gasteiger partial charge >= 0.3 is 0 Å². The van der Waals surface area contributed by atoms with Gasteiger partial charge in [0.05, 0.1) is 5.41 Å². The van der Waals surface area contributed by atoms with Gasteiger partial charge in [0, 0.05) is 39.1 Å². The van der Waals surface area contributed by atoms with Crippen LogP contribution in [-0.2, 0) is 9.59 Å². The normalized spacial score (nSPS) is 34.4. The Kier molecular flexibility index (Phi) is 5.48. The number of nitrogens with zero attached hydrogens (tertiary/aromatic N) is 2. The number of hydrogen-bond donors (Lipinski definition) is 1. The molecule has 0 aliphatic carbocycles. The van der Waals surface area contributed by atoms with Crippen LogP contribution in [0.25, 0.3) is 0 Å². The van der Waals surface area contributed by atoms with E-state index in [2.05, 4.69) is 19.2 Å². The first kappa shape index (κ1) is 17.7. The zero-order chi connectivity index (χ0) is 17.2. The second-order valence-electron chi connectivity index (χ2n) is 8.47. The molecule has 0 aromatic rings. The van der Waals surface area contributed by atoms with E-state index in [1.54, 1.807) is 0 Å². The van der Waals surface area contributed by atoms with Crippen molar-refractivity contribution in [3.63, 3.8) is 0 Å². The highest BCUT2D eigenvalue weighted by atomic mass is 16.2. The largest absolute Gasteiger partial charge is 0.342 e. The molecule has 2 amide bonds. The highest BCUT2D eigenvalue weighted by molar-refractivity contribution is 5.89. The average Bonchev–Trinajstić information content (AvgIpc) is 3.04. The van der Waals surface area contributed by atoms with E-state index in [1.807, 2.05) is 9.80 Å². The Morgan fingerprint density at radius 2 is 1.67 bits per heavy atom. The van der Waals surface area contributed by atoms with Gasteiger partial charge in [0.25, 0.3) is 0 Å². The van der Waals surface area contributed by atoms with Crippen LogP contribution in [0.1, 0.15) is 52.4 Å². The number of carbonyl (C=O) groups excluding carboxylic acids is 2. The van der Waals surface area contributed by atoms with Crippen LogP contribution in [-0.4, -0.2) is 60.9 Å². The van der Waals surface area contributed by atoms with Gasteiger partial charge in [-0.15, -0.1) is 0 Å². The Bertz CT molecular complexity index is 473. The number of piperidine rings is 2. The smallest absolute Gasteiger partial charge is 0.230 e. The molecule has 24 heavy (non-hydrogen) atoms. The first-order chi connectivity index (χ1) is 11.5. The molecule has 0 aromatic carbocycles. The molecule has 0 bridgehead atoms. The second kappa shape index (κ2) is 7.42. The summed E-state index contributed by atoms with van der Waals surface area (Å²) in [7, 11) is 0. The minimum atomic E-state index is -0.505. The molecule has 3 rings (SSSR count). The maximum absolute atomic E-state index is 13.3. The molecule has 0 radical (unpaired) electrons. The van der Waals surface area contributed by atoms with Crippen molar-refractivity contribution in [1.82, 2.24) is 15.1 Å². The molecule has 3 heterocycles. The topological polar surface area (TPSA) is 52.7 Å². The molecule has 3 aliphatic rings. The van der Waals surface area contributed by atoms with Gasteiger partial charge in [-0.1, -0.05) is 13.8 Å². The molecule has 5 nitrogen and oxygen atoms in total. The van der Waals surface area contributed by atoms with E-state index in [0.717, 1.165) is 52.0 Å². The number of nitrogens with one attached hydrogen (secondary N) is 1. The van der Waals surface area contributed by atoms with Crippen LogP contribution in [0.3, 0.4) is 0 Å². The third-order valence-electron chi connectivity index (χ3n) is 6.14. The van der Waals surface area contributed by atoms with E-state index in [4.69, 9.17) is 0 Å². The molecule has 136 valence electrons. The van der Waals surface area contributed by atoms with Crippen LogP contribution in [0.2, 0.25) is 0 Å². The molecule has 3 fully saturated rings. The van der Waals surface area contributed by atoms with E-state index in [0.29, 0.717) is 24.8 Å². The third-order valence-corrected chi connectivity index (χ3v) is 6.14. The number of carbonyl (C=O) groups is 2. The molecule has 1 N–H and O–H groups in total. The van der Waals surface area contributed by atoms with Gasteiger partial charge in [-0.25, -0.2) is 0 Å². The highest BCUT2D eigenvalue weighted by Gasteiger charge is 2.46. The Morgan fingerprint density at radius 3 is 2.25 bits per heavy atom. The van der Waals surface area contributed by atoms with Gasteiger partial charge in [-0.2, -0.15) is 0 Å². The average molecular weight is 335 g/mol. The van der Waals surface area contributed by atoms with Crippen LogP contribution < -0.4 is 5.32 Å². The van der Waals surface area contributed by atoms with Crippen molar-refractivity contribution < 1.29 is 9.59 Å². The van der Waals surface area contributed by atoms with Gasteiger partial charge < -0.3 is 15.1 Å². The highest BCUT2D eigenvalue weighted by Crippen LogP contribution is 2.35. The van der Waals surface area contributed by atoms with Crippen molar-refractivity contribution in [3.8, 4) is 0 Å². The van der Waals surface area contributed by atoms with E-state index < -0.39 is 5.41 Å². The number of likely N-dealkylation sites (tertiary alicyclic amines) is 2. The summed E-state index contributed by atoms with van der Waals surface area (Å²) in [6.45, 7) is 9.38. The summed E-state index contributed by atoms with van der Waals surface area (Å²) in [4.78, 5) is 30.2. The summed E-state index contributed by atoms with van der Waals surface area (Å²) in [5, 5.41) is 3.34. The van der Waals surface area contributed by atoms with Gasteiger partial charge in [-0.05, 0) is 50.5 Å². The quantitative estimate of drug-likeness (QED) is 0.857. The lowest BCUT2D eigenvalue weighted by molar-refractivity contribution is -0.149. The predicted molar refractivity (Wildman–Crippen MR) is 94.5 cm³/mol. The van der Waals surface area contributed by atoms with Crippen molar-refractivity contribution in [2.24, 2.45) is 17.3 Å². The Hall–Kier alpha value is -1.10. The van der Waals surface area contributed by atoms with Crippen molar-refractivity contribution in [2.45, 2.75) is 52.4 Å². The van der Waals surface area contributed by atoms with E-state index >= 15 is 0 Å². The minimum Gasteiger partial charge on any atom is -0.342 e. The Labute approximate surface area is 146 Å². The van der Waals surface area contributed by atoms with Crippen LogP contribution in [0.15, 0.2) is 0 Å². The Balaban J connectivity index is 1.68. The van der Waals surface area contributed by atoms with Crippen LogP contribution in [0.5, 0.6) is 0 Å². The summed E-state index contributed by atoms with van der Waals surface area (Å²) >= 11 is 0. The molecule has 3 aliphatic heterocycles. The fraction of sp³-hybridized carbons (Fsp3) is 0.895. The monoisotopic (exact) mass is 335 g/mol. The zero-order valence-electron chi connectivity index (χ0n) is 15.4. The number of hydrogen-bond acceptors (Lipinski definition) is 3. The second-order valence-corrected chi connectivity index (χ2v) is 8.47. The van der Waals surface area contributed by atoms with Crippen molar-refractivity contribution in [1.29, 1.82) is 0 Å². The summed E-state index contributed by atoms with van der Waals surface area (Å²) < 4.78 is 0. The van der Waals surface area contributed by atoms with Crippen molar-refractivity contribution >= 4 is 11.8 Å². The first-order valence-electron chi connectivity index (χ1n) is 9.78. The molecule has 3 atom stereocenters. The first-order valence-corrected chi connectivity index (χ1v) is 9.78. The molecular formula is C19H33N3O2. The van der Waals surface area contributed by atoms with E-state index in [1.165, 1.54) is 12.8 Å². The Morgan fingerprint density at radius 1 is 1.04 bits per heavy atom. The lowest BCUT2D eigenvalue weighted by Gasteiger charge is -2.39. The molecule has 0 saturated carbocycles. The molecule has 5 heteroatoms. The summed E-state index contributed by atoms with van der Waals surface area (Å²) in [5.41, 5.74) is -0.505.